The highest BCUT2D eigenvalue weighted by molar-refractivity contribution is 14.1. The van der Waals surface area contributed by atoms with Crippen LogP contribution in [0.3, 0.4) is 0 Å². The average Bonchev–Trinajstić information content (AvgIpc) is 2.46. The van der Waals surface area contributed by atoms with Crippen LogP contribution in [0.2, 0.25) is 0 Å². The first-order chi connectivity index (χ1) is 9.15. The summed E-state index contributed by atoms with van der Waals surface area (Å²) in [6.45, 7) is 0. The Kier molecular flexibility index (Phi) is 4.66. The Morgan fingerprint density at radius 3 is 2.26 bits per heavy atom. The molecule has 0 bridgehead atoms. The molecular formula is C15H15IO3. The Bertz CT molecular complexity index is 552. The molecule has 3 nitrogen and oxygen atoms in total. The van der Waals surface area contributed by atoms with E-state index in [1.807, 2.05) is 30.3 Å². The molecule has 1 unspecified atom stereocenters. The summed E-state index contributed by atoms with van der Waals surface area (Å²) in [6.07, 6.45) is -0.734. The molecule has 100 valence electrons. The van der Waals surface area contributed by atoms with Gasteiger partial charge in [-0.05, 0) is 58.5 Å². The van der Waals surface area contributed by atoms with Gasteiger partial charge in [-0.3, -0.25) is 0 Å². The number of aliphatic hydroxyl groups is 1. The summed E-state index contributed by atoms with van der Waals surface area (Å²) < 4.78 is 11.6. The fourth-order valence-electron chi connectivity index (χ4n) is 1.88. The van der Waals surface area contributed by atoms with E-state index in [1.165, 1.54) is 0 Å². The maximum absolute atomic E-state index is 10.5. The van der Waals surface area contributed by atoms with E-state index in [2.05, 4.69) is 22.6 Å². The standard InChI is InChI=1S/C15H15IO3/c1-18-12-7-8-14(19-2)13(9-12)15(17)10-3-5-11(16)6-4-10/h3-9,15,17H,1-2H3. The summed E-state index contributed by atoms with van der Waals surface area (Å²) in [5.74, 6) is 1.34. The van der Waals surface area contributed by atoms with Gasteiger partial charge in [0.15, 0.2) is 0 Å². The third kappa shape index (κ3) is 3.19. The minimum absolute atomic E-state index is 0.645. The molecule has 0 aliphatic heterocycles. The highest BCUT2D eigenvalue weighted by atomic mass is 127. The summed E-state index contributed by atoms with van der Waals surface area (Å²) in [5, 5.41) is 10.5. The zero-order chi connectivity index (χ0) is 13.8. The molecule has 2 aromatic rings. The van der Waals surface area contributed by atoms with Crippen molar-refractivity contribution in [3.63, 3.8) is 0 Å². The van der Waals surface area contributed by atoms with Crippen molar-refractivity contribution in [2.75, 3.05) is 14.2 Å². The van der Waals surface area contributed by atoms with Crippen LogP contribution in [0.1, 0.15) is 17.2 Å². The van der Waals surface area contributed by atoms with Crippen LogP contribution in [-0.4, -0.2) is 19.3 Å². The van der Waals surface area contributed by atoms with Crippen molar-refractivity contribution in [1.82, 2.24) is 0 Å². The molecule has 0 amide bonds. The summed E-state index contributed by atoms with van der Waals surface area (Å²) in [6, 6.07) is 13.1. The molecule has 0 saturated carbocycles. The zero-order valence-electron chi connectivity index (χ0n) is 10.8. The predicted molar refractivity (Wildman–Crippen MR) is 82.8 cm³/mol. The summed E-state index contributed by atoms with van der Waals surface area (Å²) in [5.41, 5.74) is 1.52. The van der Waals surface area contributed by atoms with Gasteiger partial charge in [0.1, 0.15) is 17.6 Å². The Hall–Kier alpha value is -1.27. The Balaban J connectivity index is 2.41. The van der Waals surface area contributed by atoms with Gasteiger partial charge in [-0.2, -0.15) is 0 Å². The molecule has 0 saturated heterocycles. The molecule has 0 radical (unpaired) electrons. The lowest BCUT2D eigenvalue weighted by atomic mass is 10.0. The first kappa shape index (κ1) is 14.1. The van der Waals surface area contributed by atoms with Gasteiger partial charge in [0.2, 0.25) is 0 Å². The highest BCUT2D eigenvalue weighted by Crippen LogP contribution is 2.33. The number of hydrogen-bond acceptors (Lipinski definition) is 3. The van der Waals surface area contributed by atoms with Crippen molar-refractivity contribution in [1.29, 1.82) is 0 Å². The predicted octanol–water partition coefficient (Wildman–Crippen LogP) is 3.39. The topological polar surface area (TPSA) is 38.7 Å². The SMILES string of the molecule is COc1ccc(OC)c(C(O)c2ccc(I)cc2)c1. The van der Waals surface area contributed by atoms with E-state index in [0.29, 0.717) is 17.1 Å². The lowest BCUT2D eigenvalue weighted by Gasteiger charge is -2.16. The first-order valence-corrected chi connectivity index (χ1v) is 6.89. The van der Waals surface area contributed by atoms with E-state index in [4.69, 9.17) is 9.47 Å². The lowest BCUT2D eigenvalue weighted by molar-refractivity contribution is 0.214. The van der Waals surface area contributed by atoms with Crippen LogP contribution < -0.4 is 9.47 Å². The fraction of sp³-hybridized carbons (Fsp3) is 0.200. The smallest absolute Gasteiger partial charge is 0.125 e. The molecule has 19 heavy (non-hydrogen) atoms. The zero-order valence-corrected chi connectivity index (χ0v) is 12.9. The number of hydrogen-bond donors (Lipinski definition) is 1. The van der Waals surface area contributed by atoms with Crippen molar-refractivity contribution >= 4 is 22.6 Å². The van der Waals surface area contributed by atoms with Crippen molar-refractivity contribution in [3.05, 3.63) is 57.2 Å². The van der Waals surface area contributed by atoms with Crippen molar-refractivity contribution in [2.45, 2.75) is 6.10 Å². The van der Waals surface area contributed by atoms with Crippen molar-refractivity contribution in [3.8, 4) is 11.5 Å². The van der Waals surface area contributed by atoms with E-state index >= 15 is 0 Å². The minimum atomic E-state index is -0.734. The second-order valence-corrected chi connectivity index (χ2v) is 5.31. The normalized spacial score (nSPS) is 12.0. The van der Waals surface area contributed by atoms with E-state index in [-0.39, 0.29) is 0 Å². The molecule has 0 aliphatic rings. The van der Waals surface area contributed by atoms with Crippen LogP contribution in [0.25, 0.3) is 0 Å². The average molecular weight is 370 g/mol. The highest BCUT2D eigenvalue weighted by Gasteiger charge is 2.16. The van der Waals surface area contributed by atoms with Gasteiger partial charge in [0.25, 0.3) is 0 Å². The molecule has 0 heterocycles. The molecule has 2 rings (SSSR count). The molecule has 1 N–H and O–H groups in total. The monoisotopic (exact) mass is 370 g/mol. The summed E-state index contributed by atoms with van der Waals surface area (Å²) in [7, 11) is 3.19. The molecule has 0 aliphatic carbocycles. The number of benzene rings is 2. The second kappa shape index (κ2) is 6.25. The molecule has 0 spiro atoms. The third-order valence-electron chi connectivity index (χ3n) is 2.92. The van der Waals surface area contributed by atoms with Gasteiger partial charge in [-0.15, -0.1) is 0 Å². The number of halogens is 1. The van der Waals surface area contributed by atoms with E-state index < -0.39 is 6.10 Å². The van der Waals surface area contributed by atoms with Gasteiger partial charge in [-0.25, -0.2) is 0 Å². The summed E-state index contributed by atoms with van der Waals surface area (Å²) >= 11 is 2.23. The molecule has 0 aromatic heterocycles. The van der Waals surface area contributed by atoms with Crippen LogP contribution in [0, 0.1) is 3.57 Å². The third-order valence-corrected chi connectivity index (χ3v) is 3.64. The van der Waals surface area contributed by atoms with Crippen LogP contribution >= 0.6 is 22.6 Å². The molecule has 0 fully saturated rings. The molecule has 2 aromatic carbocycles. The quantitative estimate of drug-likeness (QED) is 0.839. The van der Waals surface area contributed by atoms with Crippen LogP contribution in [0.5, 0.6) is 11.5 Å². The number of aliphatic hydroxyl groups excluding tert-OH is 1. The van der Waals surface area contributed by atoms with E-state index in [0.717, 1.165) is 9.13 Å². The van der Waals surface area contributed by atoms with Gasteiger partial charge in [0.05, 0.1) is 14.2 Å². The molecular weight excluding hydrogens is 355 g/mol. The van der Waals surface area contributed by atoms with Gasteiger partial charge < -0.3 is 14.6 Å². The van der Waals surface area contributed by atoms with Crippen LogP contribution in [0.15, 0.2) is 42.5 Å². The van der Waals surface area contributed by atoms with Crippen molar-refractivity contribution in [2.24, 2.45) is 0 Å². The fourth-order valence-corrected chi connectivity index (χ4v) is 2.24. The molecule has 1 atom stereocenters. The summed E-state index contributed by atoms with van der Waals surface area (Å²) in [4.78, 5) is 0. The minimum Gasteiger partial charge on any atom is -0.497 e. The van der Waals surface area contributed by atoms with Gasteiger partial charge >= 0.3 is 0 Å². The van der Waals surface area contributed by atoms with E-state index in [1.54, 1.807) is 26.4 Å². The first-order valence-electron chi connectivity index (χ1n) is 5.81. The van der Waals surface area contributed by atoms with Crippen LogP contribution in [0.4, 0.5) is 0 Å². The number of methoxy groups -OCH3 is 2. The lowest BCUT2D eigenvalue weighted by Crippen LogP contribution is -2.03. The second-order valence-electron chi connectivity index (χ2n) is 4.06. The number of rotatable bonds is 4. The largest absolute Gasteiger partial charge is 0.497 e. The van der Waals surface area contributed by atoms with Crippen LogP contribution in [-0.2, 0) is 0 Å². The number of ether oxygens (including phenoxy) is 2. The van der Waals surface area contributed by atoms with Crippen molar-refractivity contribution < 1.29 is 14.6 Å². The van der Waals surface area contributed by atoms with Gasteiger partial charge in [0, 0.05) is 9.13 Å². The molecule has 4 heteroatoms. The Labute approximate surface area is 126 Å². The maximum atomic E-state index is 10.5. The Morgan fingerprint density at radius 2 is 1.68 bits per heavy atom. The van der Waals surface area contributed by atoms with Gasteiger partial charge in [-0.1, -0.05) is 12.1 Å². The van der Waals surface area contributed by atoms with E-state index in [9.17, 15) is 5.11 Å². The maximum Gasteiger partial charge on any atom is 0.125 e. The Morgan fingerprint density at radius 1 is 1.00 bits per heavy atom.